The normalized spacial score (nSPS) is 27.8. The third kappa shape index (κ3) is 2.66. The van der Waals surface area contributed by atoms with E-state index in [2.05, 4.69) is 0 Å². The second-order valence-electron chi connectivity index (χ2n) is 5.61. The summed E-state index contributed by atoms with van der Waals surface area (Å²) in [5, 5.41) is 9.15. The maximum absolute atomic E-state index is 12.2. The monoisotopic (exact) mass is 255 g/mol. The summed E-state index contributed by atoms with van der Waals surface area (Å²) in [4.78, 5) is 25.2. The molecule has 2 rings (SSSR count). The summed E-state index contributed by atoms with van der Waals surface area (Å²) in [6.07, 6.45) is 2.92. The van der Waals surface area contributed by atoms with Crippen LogP contribution in [0.5, 0.6) is 0 Å². The number of amides is 1. The van der Waals surface area contributed by atoms with E-state index in [1.807, 2.05) is 4.90 Å². The number of carboxylic acids is 1. The van der Waals surface area contributed by atoms with Crippen LogP contribution in [0.3, 0.4) is 0 Å². The molecule has 5 nitrogen and oxygen atoms in total. The predicted molar refractivity (Wildman–Crippen MR) is 65.1 cm³/mol. The first kappa shape index (κ1) is 13.3. The van der Waals surface area contributed by atoms with Crippen LogP contribution in [0.1, 0.15) is 32.6 Å². The highest BCUT2D eigenvalue weighted by molar-refractivity contribution is 5.80. The van der Waals surface area contributed by atoms with Crippen LogP contribution in [0.4, 0.5) is 0 Å². The minimum absolute atomic E-state index is 0.0204. The first-order valence-electron chi connectivity index (χ1n) is 6.63. The molecule has 1 amide bonds. The standard InChI is InChI=1S/C13H21NO4/c1-13(12(16)17)4-6-14(7-5-13)11(15)10-3-2-8-18-9-10/h10H,2-9H2,1H3,(H,16,17)/t10-/m1/s1. The van der Waals surface area contributed by atoms with Crippen LogP contribution in [0, 0.1) is 11.3 Å². The summed E-state index contributed by atoms with van der Waals surface area (Å²) in [5.41, 5.74) is -0.667. The first-order valence-corrected chi connectivity index (χ1v) is 6.63. The van der Waals surface area contributed by atoms with Crippen molar-refractivity contribution in [2.45, 2.75) is 32.6 Å². The molecule has 1 N–H and O–H groups in total. The van der Waals surface area contributed by atoms with E-state index >= 15 is 0 Å². The Hall–Kier alpha value is -1.10. The van der Waals surface area contributed by atoms with Crippen molar-refractivity contribution in [3.05, 3.63) is 0 Å². The number of aliphatic carboxylic acids is 1. The van der Waals surface area contributed by atoms with Crippen LogP contribution in [-0.2, 0) is 14.3 Å². The lowest BCUT2D eigenvalue weighted by molar-refractivity contribution is -0.154. The number of hydrogen-bond acceptors (Lipinski definition) is 3. The molecule has 2 fully saturated rings. The maximum atomic E-state index is 12.2. The van der Waals surface area contributed by atoms with E-state index in [0.717, 1.165) is 19.4 Å². The lowest BCUT2D eigenvalue weighted by Crippen LogP contribution is -2.48. The quantitative estimate of drug-likeness (QED) is 0.803. The number of nitrogens with zero attached hydrogens (tertiary/aromatic N) is 1. The Labute approximate surface area is 107 Å². The van der Waals surface area contributed by atoms with Gasteiger partial charge in [-0.15, -0.1) is 0 Å². The molecule has 0 bridgehead atoms. The molecule has 5 heteroatoms. The molecule has 0 aliphatic carbocycles. The number of piperidine rings is 1. The summed E-state index contributed by atoms with van der Waals surface area (Å²) < 4.78 is 5.33. The Kier molecular flexibility index (Phi) is 3.90. The van der Waals surface area contributed by atoms with E-state index < -0.39 is 11.4 Å². The van der Waals surface area contributed by atoms with Crippen LogP contribution in [0.25, 0.3) is 0 Å². The van der Waals surface area contributed by atoms with Gasteiger partial charge in [-0.05, 0) is 32.6 Å². The zero-order chi connectivity index (χ0) is 13.2. The molecule has 2 heterocycles. The highest BCUT2D eigenvalue weighted by Crippen LogP contribution is 2.32. The highest BCUT2D eigenvalue weighted by atomic mass is 16.5. The molecule has 0 radical (unpaired) electrons. The molecule has 0 saturated carbocycles. The average molecular weight is 255 g/mol. The number of hydrogen-bond donors (Lipinski definition) is 1. The number of carboxylic acid groups (broad SMARTS) is 1. The molecule has 18 heavy (non-hydrogen) atoms. The van der Waals surface area contributed by atoms with E-state index in [9.17, 15) is 9.59 Å². The Morgan fingerprint density at radius 1 is 1.33 bits per heavy atom. The van der Waals surface area contributed by atoms with Crippen LogP contribution >= 0.6 is 0 Å². The lowest BCUT2D eigenvalue weighted by Gasteiger charge is -2.38. The molecule has 0 spiro atoms. The molecule has 0 aromatic rings. The number of likely N-dealkylation sites (tertiary alicyclic amines) is 1. The smallest absolute Gasteiger partial charge is 0.309 e. The van der Waals surface area contributed by atoms with E-state index in [0.29, 0.717) is 32.5 Å². The third-order valence-corrected chi connectivity index (χ3v) is 4.20. The second-order valence-corrected chi connectivity index (χ2v) is 5.61. The fourth-order valence-corrected chi connectivity index (χ4v) is 2.63. The van der Waals surface area contributed by atoms with Crippen molar-refractivity contribution in [1.82, 2.24) is 4.90 Å². The SMILES string of the molecule is CC1(C(=O)O)CCN(C(=O)[C@@H]2CCCOC2)CC1. The molecule has 102 valence electrons. The first-order chi connectivity index (χ1) is 8.53. The minimum Gasteiger partial charge on any atom is -0.481 e. The molecule has 2 saturated heterocycles. The van der Waals surface area contributed by atoms with Gasteiger partial charge in [0.05, 0.1) is 17.9 Å². The Balaban J connectivity index is 1.89. The van der Waals surface area contributed by atoms with Crippen LogP contribution in [0.15, 0.2) is 0 Å². The van der Waals surface area contributed by atoms with Gasteiger partial charge in [-0.2, -0.15) is 0 Å². The maximum Gasteiger partial charge on any atom is 0.309 e. The molecular weight excluding hydrogens is 234 g/mol. The second kappa shape index (κ2) is 5.26. The zero-order valence-electron chi connectivity index (χ0n) is 10.9. The van der Waals surface area contributed by atoms with Gasteiger partial charge in [0.25, 0.3) is 0 Å². The molecule has 1 atom stereocenters. The summed E-state index contributed by atoms with van der Waals surface area (Å²) in [6.45, 7) is 4.14. The Bertz CT molecular complexity index is 328. The van der Waals surface area contributed by atoms with Crippen molar-refractivity contribution in [3.63, 3.8) is 0 Å². The van der Waals surface area contributed by atoms with Crippen molar-refractivity contribution in [1.29, 1.82) is 0 Å². The summed E-state index contributed by atoms with van der Waals surface area (Å²) >= 11 is 0. The van der Waals surface area contributed by atoms with Crippen molar-refractivity contribution in [2.24, 2.45) is 11.3 Å². The fourth-order valence-electron chi connectivity index (χ4n) is 2.63. The minimum atomic E-state index is -0.754. The molecule has 0 aromatic carbocycles. The van der Waals surface area contributed by atoms with Crippen LogP contribution < -0.4 is 0 Å². The van der Waals surface area contributed by atoms with E-state index in [1.54, 1.807) is 6.92 Å². The highest BCUT2D eigenvalue weighted by Gasteiger charge is 2.39. The molecular formula is C13H21NO4. The zero-order valence-corrected chi connectivity index (χ0v) is 10.9. The largest absolute Gasteiger partial charge is 0.481 e. The van der Waals surface area contributed by atoms with E-state index in [1.165, 1.54) is 0 Å². The van der Waals surface area contributed by atoms with Gasteiger partial charge in [-0.25, -0.2) is 0 Å². The molecule has 2 aliphatic rings. The van der Waals surface area contributed by atoms with Crippen molar-refractivity contribution < 1.29 is 19.4 Å². The summed E-state index contributed by atoms with van der Waals surface area (Å²) in [5.74, 6) is -0.634. The van der Waals surface area contributed by atoms with Crippen LogP contribution in [0.2, 0.25) is 0 Å². The topological polar surface area (TPSA) is 66.8 Å². The fraction of sp³-hybridized carbons (Fsp3) is 0.846. The number of rotatable bonds is 2. The number of carbonyl (C=O) groups is 2. The molecule has 2 aliphatic heterocycles. The van der Waals surface area contributed by atoms with Gasteiger partial charge in [-0.3, -0.25) is 9.59 Å². The van der Waals surface area contributed by atoms with Gasteiger partial charge in [-0.1, -0.05) is 0 Å². The third-order valence-electron chi connectivity index (χ3n) is 4.20. The van der Waals surface area contributed by atoms with E-state index in [-0.39, 0.29) is 11.8 Å². The number of carbonyl (C=O) groups excluding carboxylic acids is 1. The van der Waals surface area contributed by atoms with Gasteiger partial charge in [0.2, 0.25) is 5.91 Å². The van der Waals surface area contributed by atoms with Crippen LogP contribution in [-0.4, -0.2) is 48.2 Å². The molecule has 0 unspecified atom stereocenters. The van der Waals surface area contributed by atoms with Gasteiger partial charge in [0.1, 0.15) is 0 Å². The van der Waals surface area contributed by atoms with Crippen molar-refractivity contribution >= 4 is 11.9 Å². The van der Waals surface area contributed by atoms with Gasteiger partial charge in [0, 0.05) is 19.7 Å². The Morgan fingerprint density at radius 3 is 2.50 bits per heavy atom. The van der Waals surface area contributed by atoms with Gasteiger partial charge >= 0.3 is 5.97 Å². The van der Waals surface area contributed by atoms with Gasteiger partial charge in [0.15, 0.2) is 0 Å². The van der Waals surface area contributed by atoms with Gasteiger partial charge < -0.3 is 14.7 Å². The van der Waals surface area contributed by atoms with Crippen molar-refractivity contribution in [2.75, 3.05) is 26.3 Å². The average Bonchev–Trinajstić information content (AvgIpc) is 2.40. The van der Waals surface area contributed by atoms with Crippen molar-refractivity contribution in [3.8, 4) is 0 Å². The number of ether oxygens (including phenoxy) is 1. The Morgan fingerprint density at radius 2 is 2.00 bits per heavy atom. The predicted octanol–water partition coefficient (Wildman–Crippen LogP) is 1.13. The summed E-state index contributed by atoms with van der Waals surface area (Å²) in [7, 11) is 0. The summed E-state index contributed by atoms with van der Waals surface area (Å²) in [6, 6.07) is 0. The molecule has 0 aromatic heterocycles. The van der Waals surface area contributed by atoms with E-state index in [4.69, 9.17) is 9.84 Å². The lowest BCUT2D eigenvalue weighted by atomic mass is 9.80.